The second-order valence-electron chi connectivity index (χ2n) is 3.79. The Kier molecular flexibility index (Phi) is 2.16. The summed E-state index contributed by atoms with van der Waals surface area (Å²) in [6.45, 7) is 6.43. The van der Waals surface area contributed by atoms with E-state index < -0.39 is 0 Å². The predicted octanol–water partition coefficient (Wildman–Crippen LogP) is 3.41. The summed E-state index contributed by atoms with van der Waals surface area (Å²) in [6.07, 6.45) is 5.04. The molecule has 0 aliphatic carbocycles. The molecular formula is C13H14N. The average molecular weight is 184 g/mol. The molecule has 1 heteroatoms. The normalized spacial score (nSPS) is 10.5. The lowest BCUT2D eigenvalue weighted by molar-refractivity contribution is 1.32. The van der Waals surface area contributed by atoms with E-state index in [4.69, 9.17) is 0 Å². The summed E-state index contributed by atoms with van der Waals surface area (Å²) in [7, 11) is 0. The molecule has 1 heterocycles. The minimum Gasteiger partial charge on any atom is -0.359 e. The largest absolute Gasteiger partial charge is 0.359 e. The Bertz CT molecular complexity index is 415. The Morgan fingerprint density at radius 2 is 1.71 bits per heavy atom. The molecule has 2 rings (SSSR count). The predicted molar refractivity (Wildman–Crippen MR) is 59.3 cm³/mol. The van der Waals surface area contributed by atoms with Gasteiger partial charge in [0.05, 0.1) is 6.20 Å². The molecule has 0 aliphatic rings. The van der Waals surface area contributed by atoms with Crippen molar-refractivity contribution in [3.63, 3.8) is 0 Å². The van der Waals surface area contributed by atoms with Gasteiger partial charge >= 0.3 is 0 Å². The van der Waals surface area contributed by atoms with E-state index in [1.165, 1.54) is 22.3 Å². The summed E-state index contributed by atoms with van der Waals surface area (Å²) in [4.78, 5) is 2.97. The van der Waals surface area contributed by atoms with Crippen molar-refractivity contribution in [1.82, 2.24) is 4.98 Å². The molecule has 1 N–H and O–H groups in total. The number of hydrogen-bond donors (Lipinski definition) is 1. The van der Waals surface area contributed by atoms with Crippen LogP contribution in [0.4, 0.5) is 0 Å². The number of aryl methyl sites for hydroxylation is 3. The maximum atomic E-state index is 3.13. The number of nitrogens with one attached hydrogen (secondary N) is 1. The fourth-order valence-corrected chi connectivity index (χ4v) is 2.04. The molecule has 0 bridgehead atoms. The molecular weight excluding hydrogens is 170 g/mol. The van der Waals surface area contributed by atoms with Gasteiger partial charge in [-0.25, -0.2) is 0 Å². The van der Waals surface area contributed by atoms with Gasteiger partial charge in [0.1, 0.15) is 0 Å². The van der Waals surface area contributed by atoms with Crippen LogP contribution < -0.4 is 0 Å². The second-order valence-corrected chi connectivity index (χ2v) is 3.79. The summed E-state index contributed by atoms with van der Waals surface area (Å²) < 4.78 is 0. The zero-order valence-electron chi connectivity index (χ0n) is 8.81. The molecule has 0 unspecified atom stereocenters. The number of aromatic nitrogens is 1. The SMILES string of the molecule is Cc1cc(C)c(-c2[c][nH]cc2)c(C)c1. The van der Waals surface area contributed by atoms with Crippen LogP contribution in [0.1, 0.15) is 16.7 Å². The smallest absolute Gasteiger partial charge is 0.0705 e. The van der Waals surface area contributed by atoms with Gasteiger partial charge in [-0.05, 0) is 43.5 Å². The van der Waals surface area contributed by atoms with E-state index in [9.17, 15) is 0 Å². The lowest BCUT2D eigenvalue weighted by atomic mass is 9.96. The van der Waals surface area contributed by atoms with Crippen LogP contribution in [0.15, 0.2) is 24.4 Å². The quantitative estimate of drug-likeness (QED) is 0.699. The Morgan fingerprint density at radius 3 is 2.21 bits per heavy atom. The third-order valence-corrected chi connectivity index (χ3v) is 2.49. The molecule has 0 saturated carbocycles. The van der Waals surface area contributed by atoms with Gasteiger partial charge in [0.15, 0.2) is 0 Å². The molecule has 0 atom stereocenters. The Balaban J connectivity index is 2.64. The number of aromatic amines is 1. The molecule has 71 valence electrons. The zero-order valence-corrected chi connectivity index (χ0v) is 8.81. The van der Waals surface area contributed by atoms with Crippen molar-refractivity contribution in [3.8, 4) is 11.1 Å². The highest BCUT2D eigenvalue weighted by molar-refractivity contribution is 5.70. The average Bonchev–Trinajstić information content (AvgIpc) is 2.54. The highest BCUT2D eigenvalue weighted by atomic mass is 14.6. The Hall–Kier alpha value is -1.50. The summed E-state index contributed by atoms with van der Waals surface area (Å²) in [6, 6.07) is 6.48. The van der Waals surface area contributed by atoms with Crippen molar-refractivity contribution in [2.24, 2.45) is 0 Å². The highest BCUT2D eigenvalue weighted by Gasteiger charge is 2.06. The van der Waals surface area contributed by atoms with Crippen LogP contribution in [0.3, 0.4) is 0 Å². The number of benzene rings is 1. The molecule has 0 aliphatic heterocycles. The Morgan fingerprint density at radius 1 is 1.07 bits per heavy atom. The van der Waals surface area contributed by atoms with Crippen molar-refractivity contribution in [1.29, 1.82) is 0 Å². The summed E-state index contributed by atoms with van der Waals surface area (Å²) >= 11 is 0. The maximum Gasteiger partial charge on any atom is 0.0705 e. The molecule has 0 saturated heterocycles. The van der Waals surface area contributed by atoms with E-state index in [1.807, 2.05) is 6.20 Å². The molecule has 0 spiro atoms. The lowest BCUT2D eigenvalue weighted by Crippen LogP contribution is -1.88. The second kappa shape index (κ2) is 3.33. The molecule has 1 radical (unpaired) electrons. The van der Waals surface area contributed by atoms with Gasteiger partial charge in [-0.1, -0.05) is 17.7 Å². The van der Waals surface area contributed by atoms with Crippen molar-refractivity contribution in [3.05, 3.63) is 47.3 Å². The Labute approximate surface area is 84.8 Å². The van der Waals surface area contributed by atoms with Gasteiger partial charge in [-0.3, -0.25) is 0 Å². The van der Waals surface area contributed by atoms with Crippen molar-refractivity contribution >= 4 is 0 Å². The van der Waals surface area contributed by atoms with Gasteiger partial charge in [0.25, 0.3) is 0 Å². The summed E-state index contributed by atoms with van der Waals surface area (Å²) in [5.41, 5.74) is 6.41. The van der Waals surface area contributed by atoms with Crippen molar-refractivity contribution < 1.29 is 0 Å². The van der Waals surface area contributed by atoms with Gasteiger partial charge in [-0.15, -0.1) is 0 Å². The minimum absolute atomic E-state index is 1.15. The number of hydrogen-bond acceptors (Lipinski definition) is 0. The first-order valence-corrected chi connectivity index (χ1v) is 4.82. The third kappa shape index (κ3) is 1.46. The molecule has 1 aromatic heterocycles. The minimum atomic E-state index is 1.15. The molecule has 2 aromatic rings. The fourth-order valence-electron chi connectivity index (χ4n) is 2.04. The maximum absolute atomic E-state index is 3.13. The summed E-state index contributed by atoms with van der Waals surface area (Å²) in [5.74, 6) is 0. The number of rotatable bonds is 1. The van der Waals surface area contributed by atoms with Gasteiger partial charge < -0.3 is 4.98 Å². The van der Waals surface area contributed by atoms with Crippen molar-refractivity contribution in [2.45, 2.75) is 20.8 Å². The van der Waals surface area contributed by atoms with Gasteiger partial charge in [0, 0.05) is 11.8 Å². The van der Waals surface area contributed by atoms with Gasteiger partial charge in [-0.2, -0.15) is 0 Å². The van der Waals surface area contributed by atoms with Crippen molar-refractivity contribution in [2.75, 3.05) is 0 Å². The van der Waals surface area contributed by atoms with Crippen LogP contribution in [0.2, 0.25) is 0 Å². The fraction of sp³-hybridized carbons (Fsp3) is 0.231. The van der Waals surface area contributed by atoms with Crippen LogP contribution in [0.5, 0.6) is 0 Å². The lowest BCUT2D eigenvalue weighted by Gasteiger charge is -2.09. The first kappa shape index (κ1) is 9.07. The molecule has 0 fully saturated rings. The van der Waals surface area contributed by atoms with E-state index in [1.54, 1.807) is 0 Å². The molecule has 1 aromatic carbocycles. The van der Waals surface area contributed by atoms with E-state index in [0.29, 0.717) is 0 Å². The highest BCUT2D eigenvalue weighted by Crippen LogP contribution is 2.27. The van der Waals surface area contributed by atoms with E-state index >= 15 is 0 Å². The molecule has 0 amide bonds. The van der Waals surface area contributed by atoms with Crippen LogP contribution in [0, 0.1) is 27.0 Å². The number of H-pyrrole nitrogens is 1. The third-order valence-electron chi connectivity index (χ3n) is 2.49. The van der Waals surface area contributed by atoms with Gasteiger partial charge in [0.2, 0.25) is 0 Å². The van der Waals surface area contributed by atoms with Crippen LogP contribution in [-0.4, -0.2) is 4.98 Å². The van der Waals surface area contributed by atoms with Crippen LogP contribution in [0.25, 0.3) is 11.1 Å². The molecule has 14 heavy (non-hydrogen) atoms. The van der Waals surface area contributed by atoms with Crippen LogP contribution >= 0.6 is 0 Å². The monoisotopic (exact) mass is 184 g/mol. The van der Waals surface area contributed by atoms with Crippen LogP contribution in [-0.2, 0) is 0 Å². The van der Waals surface area contributed by atoms with E-state index in [0.717, 1.165) is 5.56 Å². The first-order chi connectivity index (χ1) is 6.68. The van der Waals surface area contributed by atoms with E-state index in [-0.39, 0.29) is 0 Å². The zero-order chi connectivity index (χ0) is 10.1. The summed E-state index contributed by atoms with van der Waals surface area (Å²) in [5, 5.41) is 0. The topological polar surface area (TPSA) is 15.8 Å². The standard InChI is InChI=1S/C13H14N/c1-9-6-10(2)13(11(3)7-9)12-4-5-14-8-12/h4-7,14H,1-3H3. The van der Waals surface area contributed by atoms with E-state index in [2.05, 4.69) is 50.2 Å². The first-order valence-electron chi connectivity index (χ1n) is 4.82. The molecule has 1 nitrogen and oxygen atoms in total.